The summed E-state index contributed by atoms with van der Waals surface area (Å²) in [7, 11) is 0. The summed E-state index contributed by atoms with van der Waals surface area (Å²) < 4.78 is 26.8. The summed E-state index contributed by atoms with van der Waals surface area (Å²) in [6, 6.07) is 13.2. The molecule has 104 valence electrons. The number of hydrogen-bond acceptors (Lipinski definition) is 1. The van der Waals surface area contributed by atoms with Crippen molar-refractivity contribution < 1.29 is 13.6 Å². The fourth-order valence-corrected chi connectivity index (χ4v) is 2.09. The summed E-state index contributed by atoms with van der Waals surface area (Å²) in [6.07, 6.45) is -0.120. The molecule has 2 aromatic carbocycles. The molecule has 2 aromatic rings. The fourth-order valence-electron chi connectivity index (χ4n) is 2.09. The molecule has 0 bridgehead atoms. The minimum absolute atomic E-state index is 0.0963. The van der Waals surface area contributed by atoms with Crippen LogP contribution in [0, 0.1) is 11.6 Å². The summed E-state index contributed by atoms with van der Waals surface area (Å²) in [5.74, 6) is -2.01. The number of Topliss-reactive ketones (excluding diaryl/α,β-unsaturated/α-hetero) is 1. The van der Waals surface area contributed by atoms with Crippen LogP contribution in [0.1, 0.15) is 25.0 Å². The van der Waals surface area contributed by atoms with E-state index in [4.69, 9.17) is 0 Å². The van der Waals surface area contributed by atoms with Gasteiger partial charge in [0, 0.05) is 11.8 Å². The molecule has 0 saturated carbocycles. The van der Waals surface area contributed by atoms with Crippen molar-refractivity contribution in [3.63, 3.8) is 0 Å². The van der Waals surface area contributed by atoms with Crippen LogP contribution < -0.4 is 0 Å². The molecule has 0 heterocycles. The van der Waals surface area contributed by atoms with Gasteiger partial charge in [0.05, 0.1) is 0 Å². The van der Waals surface area contributed by atoms with Gasteiger partial charge in [-0.15, -0.1) is 0 Å². The van der Waals surface area contributed by atoms with E-state index >= 15 is 0 Å². The molecule has 0 unspecified atom stereocenters. The van der Waals surface area contributed by atoms with E-state index in [1.807, 2.05) is 30.3 Å². The van der Waals surface area contributed by atoms with Gasteiger partial charge in [-0.05, 0) is 31.0 Å². The van der Waals surface area contributed by atoms with Crippen molar-refractivity contribution in [2.75, 3.05) is 0 Å². The summed E-state index contributed by atoms with van der Waals surface area (Å²) in [4.78, 5) is 12.4. The highest BCUT2D eigenvalue weighted by Gasteiger charge is 2.30. The first kappa shape index (κ1) is 14.4. The van der Waals surface area contributed by atoms with E-state index in [9.17, 15) is 13.6 Å². The van der Waals surface area contributed by atoms with Crippen molar-refractivity contribution in [3.05, 3.63) is 71.3 Å². The molecule has 0 fully saturated rings. The van der Waals surface area contributed by atoms with E-state index < -0.39 is 17.0 Å². The van der Waals surface area contributed by atoms with Gasteiger partial charge in [0.25, 0.3) is 0 Å². The summed E-state index contributed by atoms with van der Waals surface area (Å²) >= 11 is 0. The standard InChI is InChI=1S/C17H16F2O/c1-17(2,13-8-4-3-5-9-13)15(20)11-12-7-6-10-14(18)16(12)19/h3-10H,11H2,1-2H3. The lowest BCUT2D eigenvalue weighted by molar-refractivity contribution is -0.122. The van der Waals surface area contributed by atoms with Crippen molar-refractivity contribution in [1.29, 1.82) is 0 Å². The first-order valence-electron chi connectivity index (χ1n) is 6.44. The molecule has 20 heavy (non-hydrogen) atoms. The minimum Gasteiger partial charge on any atom is -0.298 e. The van der Waals surface area contributed by atoms with E-state index in [2.05, 4.69) is 0 Å². The Hall–Kier alpha value is -2.03. The van der Waals surface area contributed by atoms with Gasteiger partial charge < -0.3 is 0 Å². The third-order valence-corrected chi connectivity index (χ3v) is 3.58. The molecule has 0 atom stereocenters. The van der Waals surface area contributed by atoms with Crippen molar-refractivity contribution in [1.82, 2.24) is 0 Å². The molecule has 0 aliphatic rings. The molecular formula is C17H16F2O. The molecule has 0 aromatic heterocycles. The zero-order chi connectivity index (χ0) is 14.8. The van der Waals surface area contributed by atoms with E-state index in [1.54, 1.807) is 13.8 Å². The maximum Gasteiger partial charge on any atom is 0.162 e. The van der Waals surface area contributed by atoms with Crippen molar-refractivity contribution in [3.8, 4) is 0 Å². The summed E-state index contributed by atoms with van der Waals surface area (Å²) in [5.41, 5.74) is 0.223. The molecule has 0 saturated heterocycles. The average Bonchev–Trinajstić information content (AvgIpc) is 2.44. The highest BCUT2D eigenvalue weighted by atomic mass is 19.2. The first-order chi connectivity index (χ1) is 9.43. The molecule has 1 nitrogen and oxygen atoms in total. The quantitative estimate of drug-likeness (QED) is 0.822. The van der Waals surface area contributed by atoms with E-state index in [0.29, 0.717) is 0 Å². The van der Waals surface area contributed by atoms with E-state index in [1.165, 1.54) is 12.1 Å². The molecule has 3 heteroatoms. The minimum atomic E-state index is -0.940. The topological polar surface area (TPSA) is 17.1 Å². The highest BCUT2D eigenvalue weighted by Crippen LogP contribution is 2.26. The van der Waals surface area contributed by atoms with Crippen LogP contribution in [0.25, 0.3) is 0 Å². The van der Waals surface area contributed by atoms with Crippen LogP contribution in [-0.2, 0) is 16.6 Å². The predicted octanol–water partition coefficient (Wildman–Crippen LogP) is 4.05. The Morgan fingerprint density at radius 1 is 1.00 bits per heavy atom. The average molecular weight is 274 g/mol. The number of hydrogen-bond donors (Lipinski definition) is 0. The lowest BCUT2D eigenvalue weighted by atomic mass is 9.78. The van der Waals surface area contributed by atoms with Crippen LogP contribution >= 0.6 is 0 Å². The van der Waals surface area contributed by atoms with Crippen LogP contribution in [0.4, 0.5) is 8.78 Å². The molecule has 0 N–H and O–H groups in total. The Morgan fingerprint density at radius 2 is 1.65 bits per heavy atom. The summed E-state index contributed by atoms with van der Waals surface area (Å²) in [5, 5.41) is 0. The lowest BCUT2D eigenvalue weighted by Gasteiger charge is -2.23. The SMILES string of the molecule is CC(C)(C(=O)Cc1cccc(F)c1F)c1ccccc1. The molecule has 0 radical (unpaired) electrons. The molecule has 0 spiro atoms. The van der Waals surface area contributed by atoms with Gasteiger partial charge in [0.15, 0.2) is 11.6 Å². The Labute approximate surface area is 117 Å². The number of rotatable bonds is 4. The largest absolute Gasteiger partial charge is 0.298 e. The normalized spacial score (nSPS) is 11.4. The van der Waals surface area contributed by atoms with Crippen molar-refractivity contribution >= 4 is 5.78 Å². The van der Waals surface area contributed by atoms with Gasteiger partial charge in [0.2, 0.25) is 0 Å². The zero-order valence-electron chi connectivity index (χ0n) is 11.5. The zero-order valence-corrected chi connectivity index (χ0v) is 11.5. The number of halogens is 2. The van der Waals surface area contributed by atoms with E-state index in [-0.39, 0.29) is 17.8 Å². The number of carbonyl (C=O) groups is 1. The van der Waals surface area contributed by atoms with Crippen LogP contribution in [0.5, 0.6) is 0 Å². The van der Waals surface area contributed by atoms with Gasteiger partial charge in [-0.2, -0.15) is 0 Å². The summed E-state index contributed by atoms with van der Waals surface area (Å²) in [6.45, 7) is 3.59. The van der Waals surface area contributed by atoms with Crippen molar-refractivity contribution in [2.24, 2.45) is 0 Å². The smallest absolute Gasteiger partial charge is 0.162 e. The number of carbonyl (C=O) groups excluding carboxylic acids is 1. The van der Waals surface area contributed by atoms with Crippen LogP contribution in [-0.4, -0.2) is 5.78 Å². The first-order valence-corrected chi connectivity index (χ1v) is 6.44. The second-order valence-corrected chi connectivity index (χ2v) is 5.30. The maximum absolute atomic E-state index is 13.6. The second kappa shape index (κ2) is 5.53. The highest BCUT2D eigenvalue weighted by molar-refractivity contribution is 5.91. The Morgan fingerprint density at radius 3 is 2.30 bits per heavy atom. The molecule has 2 rings (SSSR count). The maximum atomic E-state index is 13.6. The molecule has 0 amide bonds. The van der Waals surface area contributed by atoms with Crippen LogP contribution in [0.2, 0.25) is 0 Å². The molecule has 0 aliphatic carbocycles. The van der Waals surface area contributed by atoms with Crippen LogP contribution in [0.3, 0.4) is 0 Å². The van der Waals surface area contributed by atoms with Gasteiger partial charge >= 0.3 is 0 Å². The fraction of sp³-hybridized carbons (Fsp3) is 0.235. The predicted molar refractivity (Wildman–Crippen MR) is 74.5 cm³/mol. The van der Waals surface area contributed by atoms with Crippen molar-refractivity contribution in [2.45, 2.75) is 25.7 Å². The Kier molecular flexibility index (Phi) is 3.98. The van der Waals surface area contributed by atoms with Crippen LogP contribution in [0.15, 0.2) is 48.5 Å². The van der Waals surface area contributed by atoms with Gasteiger partial charge in [0.1, 0.15) is 5.78 Å². The lowest BCUT2D eigenvalue weighted by Crippen LogP contribution is -2.30. The monoisotopic (exact) mass is 274 g/mol. The molecular weight excluding hydrogens is 258 g/mol. The third kappa shape index (κ3) is 2.77. The van der Waals surface area contributed by atoms with Gasteiger partial charge in [-0.25, -0.2) is 8.78 Å². The van der Waals surface area contributed by atoms with Gasteiger partial charge in [-0.3, -0.25) is 4.79 Å². The second-order valence-electron chi connectivity index (χ2n) is 5.30. The van der Waals surface area contributed by atoms with E-state index in [0.717, 1.165) is 11.6 Å². The number of benzene rings is 2. The van der Waals surface area contributed by atoms with Gasteiger partial charge in [-0.1, -0.05) is 42.5 Å². The third-order valence-electron chi connectivity index (χ3n) is 3.58. The molecule has 0 aliphatic heterocycles. The Balaban J connectivity index is 2.26. The Bertz CT molecular complexity index is 618. The number of ketones is 1.